The summed E-state index contributed by atoms with van der Waals surface area (Å²) in [6.07, 6.45) is 0. The molecular formula is C85H171NO45P-. The molecule has 1 N–H and O–H groups in total. The molecule has 47 heteroatoms. The lowest BCUT2D eigenvalue weighted by Gasteiger charge is -2.21. The topological polar surface area (TPSA) is 457 Å². The van der Waals surface area contributed by atoms with E-state index >= 15 is 0 Å². The van der Waals surface area contributed by atoms with Crippen LogP contribution in [0.4, 0.5) is 0 Å². The third-order valence-electron chi connectivity index (χ3n) is 15.8. The number of phosphoric acid groups is 1. The van der Waals surface area contributed by atoms with Crippen molar-refractivity contribution in [3.05, 3.63) is 0 Å². The number of hydrogen-bond acceptors (Lipinski definition) is 45. The quantitative estimate of drug-likeness (QED) is 0.0614. The van der Waals surface area contributed by atoms with Gasteiger partial charge in [-0.15, -0.1) is 0 Å². The maximum atomic E-state index is 11.7. The number of amides is 1. The van der Waals surface area contributed by atoms with E-state index in [4.69, 9.17) is 189 Å². The van der Waals surface area contributed by atoms with Gasteiger partial charge in [-0.3, -0.25) is 9.36 Å². The van der Waals surface area contributed by atoms with E-state index in [9.17, 15) is 14.3 Å². The standard InChI is InChI=1S/C85H172NO45P/c1-3-130-132(88,89)131-5-4-86-85(87)84-129-83-82-128-81-80-127-79-78-126-77-76-125-75-74-124-73-72-123-71-70-122-69-68-121-67-66-120-65-64-119-63-62-118-61-60-117-59-58-116-57-56-115-55-54-114-53-52-113-51-50-112-49-48-111-47-46-110-45-44-109-43-42-108-41-40-107-39-38-106-37-36-105-35-34-104-33-32-103-31-30-102-29-28-101-27-26-100-25-24-99-23-22-98-21-20-97-19-18-96-17-16-95-15-14-94-13-12-93-11-10-92-9-8-91-7-6-90-2/h3-84H2,1-2H3,(H,86,87)(H,88,89)/p-1. The lowest BCUT2D eigenvalue weighted by Crippen LogP contribution is -2.31. The van der Waals surface area contributed by atoms with Crippen LogP contribution in [0.25, 0.3) is 0 Å². The molecule has 0 saturated heterocycles. The normalized spacial score (nSPS) is 12.3. The Balaban J connectivity index is 3.12. The van der Waals surface area contributed by atoms with Crippen molar-refractivity contribution >= 4 is 13.7 Å². The van der Waals surface area contributed by atoms with Gasteiger partial charge in [0.2, 0.25) is 5.91 Å². The van der Waals surface area contributed by atoms with E-state index in [1.165, 1.54) is 6.92 Å². The van der Waals surface area contributed by atoms with Gasteiger partial charge in [-0.2, -0.15) is 0 Å². The van der Waals surface area contributed by atoms with Crippen molar-refractivity contribution in [1.29, 1.82) is 0 Å². The number of nitrogens with one attached hydrogen (secondary N) is 1. The lowest BCUT2D eigenvalue weighted by atomic mass is 10.6. The summed E-state index contributed by atoms with van der Waals surface area (Å²) in [6, 6.07) is 0. The zero-order valence-electron chi connectivity index (χ0n) is 79.8. The van der Waals surface area contributed by atoms with Gasteiger partial charge < -0.3 is 209 Å². The average molecular weight is 1960 g/mol. The largest absolute Gasteiger partial charge is 0.756 e. The molecule has 132 heavy (non-hydrogen) atoms. The predicted octanol–water partition coefficient (Wildman–Crippen LogP) is -0.0821. The van der Waals surface area contributed by atoms with Crippen LogP contribution in [-0.4, -0.2) is 555 Å². The molecule has 46 nitrogen and oxygen atoms in total. The van der Waals surface area contributed by atoms with Gasteiger partial charge in [-0.25, -0.2) is 0 Å². The Labute approximate surface area is 784 Å². The summed E-state index contributed by atoms with van der Waals surface area (Å²) in [7, 11) is -2.68. The van der Waals surface area contributed by atoms with Gasteiger partial charge in [0, 0.05) is 13.7 Å². The monoisotopic (exact) mass is 1960 g/mol. The molecule has 0 aliphatic heterocycles. The summed E-state index contributed by atoms with van der Waals surface area (Å²) in [6.45, 7) is 37.6. The Morgan fingerprint density at radius 3 is 0.386 bits per heavy atom. The summed E-state index contributed by atoms with van der Waals surface area (Å²) < 4.78 is 240. The van der Waals surface area contributed by atoms with Gasteiger partial charge in [-0.1, -0.05) is 0 Å². The molecule has 0 spiro atoms. The van der Waals surface area contributed by atoms with Crippen LogP contribution in [0.1, 0.15) is 6.92 Å². The van der Waals surface area contributed by atoms with Crippen molar-refractivity contribution in [1.82, 2.24) is 5.32 Å². The third-order valence-corrected chi connectivity index (χ3v) is 16.8. The first-order valence-corrected chi connectivity index (χ1v) is 47.9. The van der Waals surface area contributed by atoms with E-state index < -0.39 is 13.7 Å². The minimum Gasteiger partial charge on any atom is -0.756 e. The highest BCUT2D eigenvalue weighted by atomic mass is 31.2. The van der Waals surface area contributed by atoms with Crippen LogP contribution in [0, 0.1) is 0 Å². The fourth-order valence-corrected chi connectivity index (χ4v) is 9.96. The van der Waals surface area contributed by atoms with E-state index in [2.05, 4.69) is 14.4 Å². The number of ether oxygens (including phenoxy) is 40. The first-order valence-electron chi connectivity index (χ1n) is 46.4. The summed E-state index contributed by atoms with van der Waals surface area (Å²) in [5, 5.41) is 2.47. The number of hydrogen-bond donors (Lipinski definition) is 1. The van der Waals surface area contributed by atoms with Gasteiger partial charge in [0.1, 0.15) is 6.61 Å². The number of phosphoric ester groups is 1. The number of methoxy groups -OCH3 is 1. The van der Waals surface area contributed by atoms with Crippen LogP contribution in [0.5, 0.6) is 0 Å². The third kappa shape index (κ3) is 122. The van der Waals surface area contributed by atoms with Crippen molar-refractivity contribution in [3.8, 4) is 0 Å². The number of rotatable bonds is 125. The Morgan fingerprint density at radius 2 is 0.280 bits per heavy atom. The Bertz CT molecular complexity index is 2050. The SMILES string of the molecule is CCOP(=O)([O-])OCCNC(=O)COCCOCCOCCOCCOCCOCCOCCOCCOCCOCCOCCOCCOCCOCCOCCOCCOCCOCCOCCOCCOCCOCCOCCOCCOCCOCCOCCOCCOCCOCCOCCOCCOCCOCCOCCOCCOCCOCCOCCOC. The minimum atomic E-state index is -4.33. The zero-order valence-corrected chi connectivity index (χ0v) is 80.7. The van der Waals surface area contributed by atoms with Crippen molar-refractivity contribution in [2.24, 2.45) is 0 Å². The van der Waals surface area contributed by atoms with Crippen LogP contribution >= 0.6 is 7.82 Å². The van der Waals surface area contributed by atoms with Gasteiger partial charge in [-0.05, 0) is 6.92 Å². The van der Waals surface area contributed by atoms with E-state index in [0.717, 1.165) is 0 Å². The van der Waals surface area contributed by atoms with E-state index in [1.807, 2.05) is 0 Å². The van der Waals surface area contributed by atoms with Gasteiger partial charge >= 0.3 is 0 Å². The molecule has 1 amide bonds. The number of carbonyl (C=O) groups excluding carboxylic acids is 1. The Morgan fingerprint density at radius 1 is 0.174 bits per heavy atom. The highest BCUT2D eigenvalue weighted by molar-refractivity contribution is 7.45. The molecule has 0 saturated carbocycles. The van der Waals surface area contributed by atoms with Gasteiger partial charge in [0.15, 0.2) is 0 Å². The molecule has 0 fully saturated rings. The average Bonchev–Trinajstić information content (AvgIpc) is 0.941. The molecule has 0 bridgehead atoms. The molecule has 0 rings (SSSR count). The van der Waals surface area contributed by atoms with Crippen LogP contribution < -0.4 is 10.2 Å². The molecule has 0 aromatic carbocycles. The minimum absolute atomic E-state index is 0.00321. The van der Waals surface area contributed by atoms with Crippen molar-refractivity contribution in [2.45, 2.75) is 6.92 Å². The predicted molar refractivity (Wildman–Crippen MR) is 472 cm³/mol. The summed E-state index contributed by atoms with van der Waals surface area (Å²) in [5.41, 5.74) is 0. The second-order valence-corrected chi connectivity index (χ2v) is 27.8. The Hall–Kier alpha value is -2.02. The highest BCUT2D eigenvalue weighted by Gasteiger charge is 2.10. The molecular weight excluding hydrogens is 1790 g/mol. The molecule has 0 aliphatic carbocycles. The fourth-order valence-electron chi connectivity index (χ4n) is 9.26. The summed E-state index contributed by atoms with van der Waals surface area (Å²) >= 11 is 0. The van der Waals surface area contributed by atoms with Gasteiger partial charge in [0.05, 0.1) is 529 Å². The molecule has 792 valence electrons. The van der Waals surface area contributed by atoms with Crippen LogP contribution in [0.3, 0.4) is 0 Å². The maximum Gasteiger partial charge on any atom is 0.267 e. The van der Waals surface area contributed by atoms with Crippen LogP contribution in [-0.2, 0) is 208 Å². The molecule has 1 atom stereocenters. The van der Waals surface area contributed by atoms with Crippen LogP contribution in [0.15, 0.2) is 0 Å². The molecule has 1 unspecified atom stereocenters. The fraction of sp³-hybridized carbons (Fsp3) is 0.988. The summed E-state index contributed by atoms with van der Waals surface area (Å²) in [4.78, 5) is 23.0. The van der Waals surface area contributed by atoms with Crippen molar-refractivity contribution in [2.75, 3.05) is 549 Å². The highest BCUT2D eigenvalue weighted by Crippen LogP contribution is 2.37. The Kier molecular flexibility index (Phi) is 119. The van der Waals surface area contributed by atoms with Crippen molar-refractivity contribution in [3.63, 3.8) is 0 Å². The second-order valence-electron chi connectivity index (χ2n) is 26.4. The maximum absolute atomic E-state index is 11.7. The first kappa shape index (κ1) is 130. The first-order chi connectivity index (χ1) is 65.5. The molecule has 0 radical (unpaired) electrons. The van der Waals surface area contributed by atoms with E-state index in [-0.39, 0.29) is 39.6 Å². The molecule has 0 heterocycles. The smallest absolute Gasteiger partial charge is 0.267 e. The zero-order chi connectivity index (χ0) is 94.5. The van der Waals surface area contributed by atoms with Crippen molar-refractivity contribution < 1.29 is 213 Å². The molecule has 0 aromatic rings. The van der Waals surface area contributed by atoms with E-state index in [0.29, 0.717) is 502 Å². The number of carbonyl (C=O) groups is 1. The summed E-state index contributed by atoms with van der Waals surface area (Å²) in [5.74, 6) is -0.406. The molecule has 0 aromatic heterocycles. The van der Waals surface area contributed by atoms with E-state index in [1.54, 1.807) is 7.11 Å². The van der Waals surface area contributed by atoms with Gasteiger partial charge in [0.25, 0.3) is 7.82 Å². The molecule has 0 aliphatic rings. The van der Waals surface area contributed by atoms with Crippen LogP contribution in [0.2, 0.25) is 0 Å². The second kappa shape index (κ2) is 121. The lowest BCUT2D eigenvalue weighted by molar-refractivity contribution is -0.224.